The maximum absolute atomic E-state index is 12.5. The van der Waals surface area contributed by atoms with Crippen LogP contribution in [0.1, 0.15) is 30.6 Å². The van der Waals surface area contributed by atoms with Gasteiger partial charge in [-0.25, -0.2) is 0 Å². The molecule has 0 bridgehead atoms. The van der Waals surface area contributed by atoms with E-state index in [1.54, 1.807) is 30.3 Å². The highest BCUT2D eigenvalue weighted by atomic mass is 16.5. The van der Waals surface area contributed by atoms with Crippen LogP contribution in [0.4, 0.5) is 5.69 Å². The van der Waals surface area contributed by atoms with Gasteiger partial charge in [0.15, 0.2) is 6.10 Å². The second kappa shape index (κ2) is 9.22. The standard InChI is InChI=1S/C20H26N2O4/c1-3-18(26-16-6-4-5-13(2)11-16)20(25)22-17(12-23)19(24)14-7-9-15(21)10-8-14/h4-11,17-19,23-24H,3,12,21H2,1-2H3,(H,22,25). The summed E-state index contributed by atoms with van der Waals surface area (Å²) in [6.07, 6.45) is -1.32. The van der Waals surface area contributed by atoms with Crippen LogP contribution in [0.2, 0.25) is 0 Å². The van der Waals surface area contributed by atoms with E-state index in [1.807, 2.05) is 32.0 Å². The van der Waals surface area contributed by atoms with Gasteiger partial charge in [0.1, 0.15) is 11.9 Å². The number of amides is 1. The highest BCUT2D eigenvalue weighted by molar-refractivity contribution is 5.81. The molecular formula is C20H26N2O4. The molecule has 26 heavy (non-hydrogen) atoms. The molecule has 0 aromatic heterocycles. The minimum Gasteiger partial charge on any atom is -0.481 e. The van der Waals surface area contributed by atoms with Crippen LogP contribution in [-0.4, -0.2) is 34.9 Å². The Bertz CT molecular complexity index is 718. The SMILES string of the molecule is CCC(Oc1cccc(C)c1)C(=O)NC(CO)C(O)c1ccc(N)cc1. The molecule has 5 N–H and O–H groups in total. The van der Waals surface area contributed by atoms with Gasteiger partial charge in [0.05, 0.1) is 12.6 Å². The monoisotopic (exact) mass is 358 g/mol. The predicted octanol–water partition coefficient (Wildman–Crippen LogP) is 1.95. The second-order valence-corrected chi connectivity index (χ2v) is 6.24. The zero-order valence-electron chi connectivity index (χ0n) is 15.1. The fraction of sp³-hybridized carbons (Fsp3) is 0.350. The third-order valence-electron chi connectivity index (χ3n) is 4.11. The van der Waals surface area contributed by atoms with Gasteiger partial charge in [0, 0.05) is 5.69 Å². The Hall–Kier alpha value is -2.57. The highest BCUT2D eigenvalue weighted by Crippen LogP contribution is 2.19. The van der Waals surface area contributed by atoms with Crippen LogP contribution in [0.5, 0.6) is 5.75 Å². The van der Waals surface area contributed by atoms with Crippen LogP contribution in [0.15, 0.2) is 48.5 Å². The summed E-state index contributed by atoms with van der Waals surface area (Å²) in [4.78, 5) is 12.5. The Balaban J connectivity index is 2.04. The Labute approximate surface area is 153 Å². The first-order valence-corrected chi connectivity index (χ1v) is 8.62. The van der Waals surface area contributed by atoms with Crippen LogP contribution in [0.3, 0.4) is 0 Å². The van der Waals surface area contributed by atoms with E-state index in [0.29, 0.717) is 23.4 Å². The van der Waals surface area contributed by atoms with Gasteiger partial charge in [0.2, 0.25) is 0 Å². The molecule has 3 unspecified atom stereocenters. The Morgan fingerprint density at radius 1 is 1.23 bits per heavy atom. The number of ether oxygens (including phenoxy) is 1. The molecule has 0 heterocycles. The molecule has 140 valence electrons. The van der Waals surface area contributed by atoms with E-state index in [4.69, 9.17) is 10.5 Å². The molecule has 0 spiro atoms. The maximum Gasteiger partial charge on any atom is 0.261 e. The number of aliphatic hydroxyl groups excluding tert-OH is 2. The number of hydrogen-bond acceptors (Lipinski definition) is 5. The van der Waals surface area contributed by atoms with Crippen molar-refractivity contribution in [2.75, 3.05) is 12.3 Å². The van der Waals surface area contributed by atoms with Crippen molar-refractivity contribution in [3.8, 4) is 5.75 Å². The molecular weight excluding hydrogens is 332 g/mol. The predicted molar refractivity (Wildman–Crippen MR) is 101 cm³/mol. The van der Waals surface area contributed by atoms with Gasteiger partial charge in [-0.15, -0.1) is 0 Å². The summed E-state index contributed by atoms with van der Waals surface area (Å²) in [5.41, 5.74) is 7.81. The zero-order valence-corrected chi connectivity index (χ0v) is 15.1. The Morgan fingerprint density at radius 2 is 1.92 bits per heavy atom. The van der Waals surface area contributed by atoms with Crippen LogP contribution < -0.4 is 15.8 Å². The van der Waals surface area contributed by atoms with Crippen LogP contribution in [0, 0.1) is 6.92 Å². The Morgan fingerprint density at radius 3 is 2.50 bits per heavy atom. The summed E-state index contributed by atoms with van der Waals surface area (Å²) in [7, 11) is 0. The van der Waals surface area contributed by atoms with Gasteiger partial charge < -0.3 is 26.0 Å². The lowest BCUT2D eigenvalue weighted by molar-refractivity contribution is -0.130. The van der Waals surface area contributed by atoms with Gasteiger partial charge in [-0.3, -0.25) is 4.79 Å². The average molecular weight is 358 g/mol. The zero-order chi connectivity index (χ0) is 19.1. The summed E-state index contributed by atoms with van der Waals surface area (Å²) >= 11 is 0. The number of carbonyl (C=O) groups is 1. The fourth-order valence-corrected chi connectivity index (χ4v) is 2.60. The number of benzene rings is 2. The topological polar surface area (TPSA) is 105 Å². The molecule has 1 amide bonds. The Kier molecular flexibility index (Phi) is 7.00. The molecule has 6 nitrogen and oxygen atoms in total. The second-order valence-electron chi connectivity index (χ2n) is 6.24. The molecule has 2 aromatic rings. The largest absolute Gasteiger partial charge is 0.481 e. The van der Waals surface area contributed by atoms with E-state index in [9.17, 15) is 15.0 Å². The molecule has 0 saturated carbocycles. The molecule has 0 fully saturated rings. The lowest BCUT2D eigenvalue weighted by Crippen LogP contribution is -2.47. The molecule has 3 atom stereocenters. The molecule has 6 heteroatoms. The number of carbonyl (C=O) groups excluding carboxylic acids is 1. The minimum atomic E-state index is -1.05. The van der Waals surface area contributed by atoms with Gasteiger partial charge >= 0.3 is 0 Å². The van der Waals surface area contributed by atoms with E-state index >= 15 is 0 Å². The van der Waals surface area contributed by atoms with Crippen molar-refractivity contribution in [2.24, 2.45) is 0 Å². The molecule has 0 aliphatic carbocycles. The molecule has 0 aliphatic rings. The normalized spacial score (nSPS) is 14.3. The molecule has 0 radical (unpaired) electrons. The quantitative estimate of drug-likeness (QED) is 0.540. The number of nitrogens with one attached hydrogen (secondary N) is 1. The number of aryl methyl sites for hydroxylation is 1. The number of aliphatic hydroxyl groups is 2. The van der Waals surface area contributed by atoms with Gasteiger partial charge in [-0.2, -0.15) is 0 Å². The first-order valence-electron chi connectivity index (χ1n) is 8.62. The van der Waals surface area contributed by atoms with Gasteiger partial charge in [-0.1, -0.05) is 31.2 Å². The van der Waals surface area contributed by atoms with Gasteiger partial charge in [-0.05, 0) is 48.7 Å². The lowest BCUT2D eigenvalue weighted by Gasteiger charge is -2.25. The van der Waals surface area contributed by atoms with Crippen LogP contribution in [-0.2, 0) is 4.79 Å². The van der Waals surface area contributed by atoms with Crippen molar-refractivity contribution in [1.82, 2.24) is 5.32 Å². The van der Waals surface area contributed by atoms with E-state index in [0.717, 1.165) is 5.56 Å². The first-order chi connectivity index (χ1) is 12.4. The number of hydrogen-bond donors (Lipinski definition) is 4. The smallest absolute Gasteiger partial charge is 0.261 e. The molecule has 2 aromatic carbocycles. The highest BCUT2D eigenvalue weighted by Gasteiger charge is 2.26. The van der Waals surface area contributed by atoms with Crippen molar-refractivity contribution < 1.29 is 19.7 Å². The van der Waals surface area contributed by atoms with Crippen molar-refractivity contribution >= 4 is 11.6 Å². The molecule has 0 saturated heterocycles. The summed E-state index contributed by atoms with van der Waals surface area (Å²) in [6.45, 7) is 3.38. The summed E-state index contributed by atoms with van der Waals surface area (Å²) in [5.74, 6) is 0.217. The van der Waals surface area contributed by atoms with Crippen molar-refractivity contribution in [1.29, 1.82) is 0 Å². The van der Waals surface area contributed by atoms with Crippen LogP contribution >= 0.6 is 0 Å². The third-order valence-corrected chi connectivity index (χ3v) is 4.11. The lowest BCUT2D eigenvalue weighted by atomic mass is 10.0. The number of nitrogens with two attached hydrogens (primary N) is 1. The van der Waals surface area contributed by atoms with E-state index in [2.05, 4.69) is 5.32 Å². The minimum absolute atomic E-state index is 0.387. The van der Waals surface area contributed by atoms with Crippen molar-refractivity contribution in [3.05, 3.63) is 59.7 Å². The summed E-state index contributed by atoms with van der Waals surface area (Å²) in [5, 5.41) is 22.7. The number of nitrogen functional groups attached to an aromatic ring is 1. The van der Waals surface area contributed by atoms with E-state index < -0.39 is 24.9 Å². The average Bonchev–Trinajstić information content (AvgIpc) is 2.64. The number of rotatable bonds is 8. The first kappa shape index (κ1) is 19.8. The van der Waals surface area contributed by atoms with Crippen LogP contribution in [0.25, 0.3) is 0 Å². The van der Waals surface area contributed by atoms with Crippen molar-refractivity contribution in [3.63, 3.8) is 0 Å². The summed E-state index contributed by atoms with van der Waals surface area (Å²) in [6, 6.07) is 13.2. The molecule has 0 aliphatic heterocycles. The van der Waals surface area contributed by atoms with E-state index in [-0.39, 0.29) is 5.91 Å². The molecule has 2 rings (SSSR count). The van der Waals surface area contributed by atoms with E-state index in [1.165, 1.54) is 0 Å². The summed E-state index contributed by atoms with van der Waals surface area (Å²) < 4.78 is 5.76. The number of anilines is 1. The maximum atomic E-state index is 12.5. The third kappa shape index (κ3) is 5.21. The fourth-order valence-electron chi connectivity index (χ4n) is 2.60. The van der Waals surface area contributed by atoms with Crippen molar-refractivity contribution in [2.45, 2.75) is 38.5 Å². The van der Waals surface area contributed by atoms with Gasteiger partial charge in [0.25, 0.3) is 5.91 Å².